The van der Waals surface area contributed by atoms with Crippen molar-refractivity contribution in [3.05, 3.63) is 69.6 Å². The highest BCUT2D eigenvalue weighted by Crippen LogP contribution is 2.28. The fourth-order valence-corrected chi connectivity index (χ4v) is 5.71. The van der Waals surface area contributed by atoms with Gasteiger partial charge in [0, 0.05) is 28.9 Å². The second-order valence-corrected chi connectivity index (χ2v) is 10.4. The zero-order valence-corrected chi connectivity index (χ0v) is 19.9. The SMILES string of the molecule is Cc1ccc2c(c1C)CCN(CCC(C)(N)CCCCc1csc3ccccc13)C2=O. The zero-order chi connectivity index (χ0) is 22.0. The van der Waals surface area contributed by atoms with Crippen LogP contribution in [-0.4, -0.2) is 29.4 Å². The average Bonchev–Trinajstić information content (AvgIpc) is 3.17. The van der Waals surface area contributed by atoms with Crippen LogP contribution in [0.1, 0.15) is 65.2 Å². The standard InChI is InChI=1S/C27H34N2OS/c1-19-11-12-24-22(20(19)2)13-16-29(26(24)30)17-15-27(3,28)14-7-6-8-21-18-31-25-10-5-4-9-23(21)25/h4-5,9-12,18H,6-8,13-17,28H2,1-3H3. The first-order valence-corrected chi connectivity index (χ1v) is 12.4. The van der Waals surface area contributed by atoms with Gasteiger partial charge in [0.05, 0.1) is 0 Å². The summed E-state index contributed by atoms with van der Waals surface area (Å²) in [4.78, 5) is 15.0. The summed E-state index contributed by atoms with van der Waals surface area (Å²) < 4.78 is 1.37. The molecule has 2 N–H and O–H groups in total. The van der Waals surface area contributed by atoms with E-state index in [9.17, 15) is 4.79 Å². The van der Waals surface area contributed by atoms with Crippen molar-refractivity contribution >= 4 is 27.3 Å². The molecule has 0 saturated carbocycles. The Morgan fingerprint density at radius 2 is 1.90 bits per heavy atom. The van der Waals surface area contributed by atoms with Gasteiger partial charge in [0.15, 0.2) is 0 Å². The highest BCUT2D eigenvalue weighted by molar-refractivity contribution is 7.17. The molecule has 2 aromatic carbocycles. The summed E-state index contributed by atoms with van der Waals surface area (Å²) >= 11 is 1.84. The van der Waals surface area contributed by atoms with Crippen molar-refractivity contribution in [3.8, 4) is 0 Å². The highest BCUT2D eigenvalue weighted by atomic mass is 32.1. The largest absolute Gasteiger partial charge is 0.338 e. The molecule has 0 saturated heterocycles. The Morgan fingerprint density at radius 3 is 2.74 bits per heavy atom. The molecule has 31 heavy (non-hydrogen) atoms. The fourth-order valence-electron chi connectivity index (χ4n) is 4.71. The summed E-state index contributed by atoms with van der Waals surface area (Å²) in [5.74, 6) is 0.171. The van der Waals surface area contributed by atoms with Gasteiger partial charge in [-0.15, -0.1) is 11.3 Å². The minimum absolute atomic E-state index is 0.171. The molecule has 4 rings (SSSR count). The van der Waals surface area contributed by atoms with Gasteiger partial charge in [-0.25, -0.2) is 0 Å². The number of carbonyl (C=O) groups excluding carboxylic acids is 1. The van der Waals surface area contributed by atoms with Crippen molar-refractivity contribution < 1.29 is 4.79 Å². The lowest BCUT2D eigenvalue weighted by Gasteiger charge is -2.33. The number of unbranched alkanes of at least 4 members (excludes halogenated alkanes) is 1. The molecular formula is C27H34N2OS. The van der Waals surface area contributed by atoms with Crippen molar-refractivity contribution in [2.45, 2.75) is 64.8 Å². The van der Waals surface area contributed by atoms with Crippen LogP contribution in [0, 0.1) is 13.8 Å². The predicted molar refractivity (Wildman–Crippen MR) is 132 cm³/mol. The Hall–Kier alpha value is -2.17. The lowest BCUT2D eigenvalue weighted by atomic mass is 9.89. The van der Waals surface area contributed by atoms with E-state index in [1.807, 2.05) is 22.3 Å². The number of carbonyl (C=O) groups is 1. The van der Waals surface area contributed by atoms with Crippen LogP contribution in [0.15, 0.2) is 41.8 Å². The second-order valence-electron chi connectivity index (χ2n) is 9.44. The second kappa shape index (κ2) is 9.13. The third-order valence-electron chi connectivity index (χ3n) is 6.98. The first kappa shape index (κ1) is 22.0. The van der Waals surface area contributed by atoms with Crippen molar-refractivity contribution in [1.29, 1.82) is 0 Å². The number of fused-ring (bicyclic) bond motifs is 2. The molecule has 164 valence electrons. The van der Waals surface area contributed by atoms with Crippen LogP contribution in [-0.2, 0) is 12.8 Å². The van der Waals surface area contributed by atoms with E-state index in [0.717, 1.165) is 57.2 Å². The molecule has 1 aliphatic heterocycles. The monoisotopic (exact) mass is 434 g/mol. The number of nitrogens with zero attached hydrogens (tertiary/aromatic N) is 1. The maximum atomic E-state index is 13.0. The van der Waals surface area contributed by atoms with Crippen LogP contribution >= 0.6 is 11.3 Å². The van der Waals surface area contributed by atoms with Gasteiger partial charge in [-0.1, -0.05) is 30.7 Å². The van der Waals surface area contributed by atoms with Crippen LogP contribution in [0.4, 0.5) is 0 Å². The van der Waals surface area contributed by atoms with Gasteiger partial charge in [-0.05, 0) is 98.0 Å². The van der Waals surface area contributed by atoms with E-state index in [1.165, 1.54) is 32.3 Å². The van der Waals surface area contributed by atoms with Gasteiger partial charge in [-0.3, -0.25) is 4.79 Å². The molecule has 0 radical (unpaired) electrons. The molecule has 1 aliphatic rings. The van der Waals surface area contributed by atoms with Crippen molar-refractivity contribution in [1.82, 2.24) is 4.90 Å². The van der Waals surface area contributed by atoms with Crippen LogP contribution < -0.4 is 5.73 Å². The zero-order valence-electron chi connectivity index (χ0n) is 19.0. The molecular weight excluding hydrogens is 400 g/mol. The van der Waals surface area contributed by atoms with Crippen LogP contribution in [0.25, 0.3) is 10.1 Å². The number of amides is 1. The molecule has 1 atom stereocenters. The van der Waals surface area contributed by atoms with Crippen molar-refractivity contribution in [3.63, 3.8) is 0 Å². The summed E-state index contributed by atoms with van der Waals surface area (Å²) in [5, 5.41) is 3.70. The smallest absolute Gasteiger partial charge is 0.254 e. The topological polar surface area (TPSA) is 46.3 Å². The van der Waals surface area contributed by atoms with E-state index in [1.54, 1.807) is 0 Å². The van der Waals surface area contributed by atoms with Gasteiger partial charge >= 0.3 is 0 Å². The van der Waals surface area contributed by atoms with Gasteiger partial charge < -0.3 is 10.6 Å². The molecule has 1 unspecified atom stereocenters. The normalized spacial score (nSPS) is 15.9. The molecule has 3 nitrogen and oxygen atoms in total. The molecule has 1 aromatic heterocycles. The van der Waals surface area contributed by atoms with Crippen LogP contribution in [0.2, 0.25) is 0 Å². The fraction of sp³-hybridized carbons (Fsp3) is 0.444. The van der Waals surface area contributed by atoms with Gasteiger partial charge in [0.1, 0.15) is 0 Å². The van der Waals surface area contributed by atoms with Crippen LogP contribution in [0.3, 0.4) is 0 Å². The molecule has 0 spiro atoms. The van der Waals surface area contributed by atoms with Gasteiger partial charge in [-0.2, -0.15) is 0 Å². The Labute approximate surface area is 190 Å². The maximum absolute atomic E-state index is 13.0. The number of rotatable bonds is 8. The number of benzene rings is 2. The minimum Gasteiger partial charge on any atom is -0.338 e. The first-order chi connectivity index (χ1) is 14.9. The van der Waals surface area contributed by atoms with E-state index < -0.39 is 0 Å². The molecule has 0 aliphatic carbocycles. The lowest BCUT2D eigenvalue weighted by Crippen LogP contribution is -2.44. The molecule has 4 heteroatoms. The lowest BCUT2D eigenvalue weighted by molar-refractivity contribution is 0.0726. The van der Waals surface area contributed by atoms with E-state index in [0.29, 0.717) is 0 Å². The minimum atomic E-state index is -0.236. The third-order valence-corrected chi connectivity index (χ3v) is 7.99. The average molecular weight is 435 g/mol. The van der Waals surface area contributed by atoms with Crippen molar-refractivity contribution in [2.75, 3.05) is 13.1 Å². The summed E-state index contributed by atoms with van der Waals surface area (Å²) in [5.41, 5.74) is 12.5. The summed E-state index contributed by atoms with van der Waals surface area (Å²) in [6.07, 6.45) is 6.17. The number of hydrogen-bond donors (Lipinski definition) is 1. The number of nitrogens with two attached hydrogens (primary N) is 1. The molecule has 0 bridgehead atoms. The number of thiophene rings is 1. The summed E-state index contributed by atoms with van der Waals surface area (Å²) in [6, 6.07) is 12.7. The van der Waals surface area contributed by atoms with Crippen LogP contribution in [0.5, 0.6) is 0 Å². The molecule has 3 aromatic rings. The maximum Gasteiger partial charge on any atom is 0.254 e. The Morgan fingerprint density at radius 1 is 1.10 bits per heavy atom. The van der Waals surface area contributed by atoms with E-state index in [-0.39, 0.29) is 11.4 Å². The Bertz CT molecular complexity index is 1080. The van der Waals surface area contributed by atoms with Gasteiger partial charge in [0.2, 0.25) is 0 Å². The predicted octanol–water partition coefficient (Wildman–Crippen LogP) is 6.04. The number of aryl methyl sites for hydroxylation is 2. The van der Waals surface area contributed by atoms with E-state index in [4.69, 9.17) is 5.73 Å². The quantitative estimate of drug-likeness (QED) is 0.440. The third kappa shape index (κ3) is 4.86. The Balaban J connectivity index is 1.26. The summed E-state index contributed by atoms with van der Waals surface area (Å²) in [7, 11) is 0. The molecule has 2 heterocycles. The molecule has 0 fully saturated rings. The highest BCUT2D eigenvalue weighted by Gasteiger charge is 2.27. The van der Waals surface area contributed by atoms with E-state index >= 15 is 0 Å². The Kier molecular flexibility index (Phi) is 6.49. The van der Waals surface area contributed by atoms with Crippen molar-refractivity contribution in [2.24, 2.45) is 5.73 Å². The summed E-state index contributed by atoms with van der Waals surface area (Å²) in [6.45, 7) is 7.94. The first-order valence-electron chi connectivity index (χ1n) is 11.5. The van der Waals surface area contributed by atoms with Gasteiger partial charge in [0.25, 0.3) is 5.91 Å². The van der Waals surface area contributed by atoms with E-state index in [2.05, 4.69) is 56.5 Å². The number of hydrogen-bond acceptors (Lipinski definition) is 3. The molecule has 1 amide bonds.